The number of phenolic OH excluding ortho intramolecular Hbond substituents is 1. The number of amides is 1. The molecular formula is C15H22N2O3. The van der Waals surface area contributed by atoms with Crippen LogP contribution in [0, 0.1) is 0 Å². The molecule has 0 aromatic heterocycles. The summed E-state index contributed by atoms with van der Waals surface area (Å²) in [5.74, 6) is -0.0824. The van der Waals surface area contributed by atoms with Gasteiger partial charge in [-0.1, -0.05) is 12.5 Å². The van der Waals surface area contributed by atoms with E-state index in [9.17, 15) is 9.90 Å². The van der Waals surface area contributed by atoms with E-state index < -0.39 is 0 Å². The number of hydrogen-bond acceptors (Lipinski definition) is 4. The summed E-state index contributed by atoms with van der Waals surface area (Å²) in [4.78, 5) is 12.1. The van der Waals surface area contributed by atoms with Crippen molar-refractivity contribution in [1.29, 1.82) is 0 Å². The zero-order chi connectivity index (χ0) is 14.5. The summed E-state index contributed by atoms with van der Waals surface area (Å²) >= 11 is 0. The van der Waals surface area contributed by atoms with Crippen LogP contribution in [-0.4, -0.2) is 36.8 Å². The largest absolute Gasteiger partial charge is 0.504 e. The number of phenols is 1. The monoisotopic (exact) mass is 278 g/mol. The average Bonchev–Trinajstić information content (AvgIpc) is 2.45. The highest BCUT2D eigenvalue weighted by Crippen LogP contribution is 2.29. The van der Waals surface area contributed by atoms with E-state index in [0.717, 1.165) is 6.42 Å². The summed E-state index contributed by atoms with van der Waals surface area (Å²) in [6.07, 6.45) is 3.43. The van der Waals surface area contributed by atoms with Crippen LogP contribution >= 0.6 is 0 Å². The van der Waals surface area contributed by atoms with E-state index in [0.29, 0.717) is 24.4 Å². The van der Waals surface area contributed by atoms with Crippen LogP contribution in [0.4, 0.5) is 0 Å². The Labute approximate surface area is 119 Å². The molecule has 0 saturated carbocycles. The van der Waals surface area contributed by atoms with Gasteiger partial charge in [0.2, 0.25) is 0 Å². The number of para-hydroxylation sites is 1. The highest BCUT2D eigenvalue weighted by Gasteiger charge is 2.20. The Bertz CT molecular complexity index is 476. The summed E-state index contributed by atoms with van der Waals surface area (Å²) in [6.45, 7) is 2.72. The van der Waals surface area contributed by atoms with Gasteiger partial charge >= 0.3 is 0 Å². The van der Waals surface area contributed by atoms with Crippen molar-refractivity contribution in [2.75, 3.05) is 13.7 Å². The Kier molecular flexibility index (Phi) is 4.84. The number of rotatable bonds is 4. The highest BCUT2D eigenvalue weighted by atomic mass is 16.5. The van der Waals surface area contributed by atoms with Gasteiger partial charge in [-0.15, -0.1) is 0 Å². The fourth-order valence-corrected chi connectivity index (χ4v) is 2.58. The summed E-state index contributed by atoms with van der Waals surface area (Å²) in [5, 5.41) is 16.3. The Morgan fingerprint density at radius 3 is 3.00 bits per heavy atom. The summed E-state index contributed by atoms with van der Waals surface area (Å²) < 4.78 is 5.00. The Hall–Kier alpha value is -1.75. The van der Waals surface area contributed by atoms with Crippen LogP contribution in [0.25, 0.3) is 0 Å². The van der Waals surface area contributed by atoms with Crippen molar-refractivity contribution < 1.29 is 14.6 Å². The molecule has 2 unspecified atom stereocenters. The lowest BCUT2D eigenvalue weighted by Crippen LogP contribution is -2.47. The molecule has 1 heterocycles. The van der Waals surface area contributed by atoms with E-state index >= 15 is 0 Å². The number of ether oxygens (including phenoxy) is 1. The first-order valence-electron chi connectivity index (χ1n) is 7.02. The average molecular weight is 278 g/mol. The van der Waals surface area contributed by atoms with E-state index in [-0.39, 0.29) is 17.2 Å². The van der Waals surface area contributed by atoms with Gasteiger partial charge in [-0.25, -0.2) is 0 Å². The minimum atomic E-state index is -0.276. The van der Waals surface area contributed by atoms with Gasteiger partial charge in [-0.3, -0.25) is 4.79 Å². The number of carbonyl (C=O) groups excluding carboxylic acids is 1. The quantitative estimate of drug-likeness (QED) is 0.783. The van der Waals surface area contributed by atoms with Crippen molar-refractivity contribution in [2.45, 2.75) is 38.3 Å². The van der Waals surface area contributed by atoms with E-state index in [1.54, 1.807) is 18.2 Å². The molecule has 1 saturated heterocycles. The second-order valence-corrected chi connectivity index (χ2v) is 5.26. The SMILES string of the molecule is COc1cccc(C(=O)NCC2CCCC(C)N2)c1O. The molecule has 1 aromatic carbocycles. The molecule has 1 aliphatic heterocycles. The van der Waals surface area contributed by atoms with Gasteiger partial charge in [0.05, 0.1) is 12.7 Å². The van der Waals surface area contributed by atoms with Gasteiger partial charge in [-0.2, -0.15) is 0 Å². The minimum Gasteiger partial charge on any atom is -0.504 e. The maximum Gasteiger partial charge on any atom is 0.255 e. The summed E-state index contributed by atoms with van der Waals surface area (Å²) in [5.41, 5.74) is 0.244. The molecule has 1 aliphatic rings. The number of aromatic hydroxyl groups is 1. The lowest BCUT2D eigenvalue weighted by atomic mass is 9.99. The number of piperidine rings is 1. The number of carbonyl (C=O) groups is 1. The third-order valence-electron chi connectivity index (χ3n) is 3.68. The normalized spacial score (nSPS) is 22.3. The third kappa shape index (κ3) is 3.42. The number of hydrogen-bond donors (Lipinski definition) is 3. The Balaban J connectivity index is 1.95. The van der Waals surface area contributed by atoms with Gasteiger partial charge in [0.25, 0.3) is 5.91 Å². The fourth-order valence-electron chi connectivity index (χ4n) is 2.58. The molecule has 1 amide bonds. The first-order chi connectivity index (χ1) is 9.61. The lowest BCUT2D eigenvalue weighted by molar-refractivity contribution is 0.0943. The van der Waals surface area contributed by atoms with Gasteiger partial charge in [0.1, 0.15) is 0 Å². The van der Waals surface area contributed by atoms with Crippen LogP contribution in [0.2, 0.25) is 0 Å². The topological polar surface area (TPSA) is 70.6 Å². The molecular weight excluding hydrogens is 256 g/mol. The van der Waals surface area contributed by atoms with Crippen molar-refractivity contribution in [1.82, 2.24) is 10.6 Å². The smallest absolute Gasteiger partial charge is 0.255 e. The Morgan fingerprint density at radius 2 is 2.30 bits per heavy atom. The molecule has 1 aromatic rings. The van der Waals surface area contributed by atoms with E-state index in [4.69, 9.17) is 4.74 Å². The van der Waals surface area contributed by atoms with E-state index in [1.165, 1.54) is 20.0 Å². The standard InChI is InChI=1S/C15H22N2O3/c1-10-5-3-6-11(17-10)9-16-15(19)12-7-4-8-13(20-2)14(12)18/h4,7-8,10-11,17-18H,3,5-6,9H2,1-2H3,(H,16,19). The number of nitrogens with one attached hydrogen (secondary N) is 2. The molecule has 20 heavy (non-hydrogen) atoms. The maximum atomic E-state index is 12.1. The van der Waals surface area contributed by atoms with E-state index in [2.05, 4.69) is 17.6 Å². The molecule has 0 bridgehead atoms. The molecule has 5 nitrogen and oxygen atoms in total. The molecule has 2 rings (SSSR count). The van der Waals surface area contributed by atoms with Crippen molar-refractivity contribution >= 4 is 5.91 Å². The fraction of sp³-hybridized carbons (Fsp3) is 0.533. The number of benzene rings is 1. The first kappa shape index (κ1) is 14.7. The zero-order valence-electron chi connectivity index (χ0n) is 12.0. The van der Waals surface area contributed by atoms with E-state index in [1.807, 2.05) is 0 Å². The maximum absolute atomic E-state index is 12.1. The van der Waals surface area contributed by atoms with Crippen LogP contribution in [0.15, 0.2) is 18.2 Å². The van der Waals surface area contributed by atoms with Crippen molar-refractivity contribution in [2.24, 2.45) is 0 Å². The molecule has 2 atom stereocenters. The Morgan fingerprint density at radius 1 is 1.50 bits per heavy atom. The van der Waals surface area contributed by atoms with Crippen molar-refractivity contribution in [3.63, 3.8) is 0 Å². The first-order valence-corrected chi connectivity index (χ1v) is 7.02. The van der Waals surface area contributed by atoms with Crippen LogP contribution in [0.1, 0.15) is 36.5 Å². The number of methoxy groups -OCH3 is 1. The highest BCUT2D eigenvalue weighted by molar-refractivity contribution is 5.97. The lowest BCUT2D eigenvalue weighted by Gasteiger charge is -2.28. The molecule has 110 valence electrons. The van der Waals surface area contributed by atoms with Gasteiger partial charge < -0.3 is 20.5 Å². The van der Waals surface area contributed by atoms with Gasteiger partial charge in [0.15, 0.2) is 11.5 Å². The van der Waals surface area contributed by atoms with Crippen LogP contribution < -0.4 is 15.4 Å². The molecule has 0 spiro atoms. The molecule has 3 N–H and O–H groups in total. The molecule has 5 heteroatoms. The predicted octanol–water partition coefficient (Wildman–Crippen LogP) is 1.66. The van der Waals surface area contributed by atoms with Crippen molar-refractivity contribution in [3.8, 4) is 11.5 Å². The second kappa shape index (κ2) is 6.61. The van der Waals surface area contributed by atoms with Crippen LogP contribution in [-0.2, 0) is 0 Å². The van der Waals surface area contributed by atoms with Gasteiger partial charge in [0, 0.05) is 18.6 Å². The molecule has 0 radical (unpaired) electrons. The van der Waals surface area contributed by atoms with Gasteiger partial charge in [-0.05, 0) is 31.9 Å². The van der Waals surface area contributed by atoms with Crippen LogP contribution in [0.3, 0.4) is 0 Å². The molecule has 1 fully saturated rings. The van der Waals surface area contributed by atoms with Crippen LogP contribution in [0.5, 0.6) is 11.5 Å². The summed E-state index contributed by atoms with van der Waals surface area (Å²) in [7, 11) is 1.46. The summed E-state index contributed by atoms with van der Waals surface area (Å²) in [6, 6.07) is 5.70. The second-order valence-electron chi connectivity index (χ2n) is 5.26. The van der Waals surface area contributed by atoms with Crippen molar-refractivity contribution in [3.05, 3.63) is 23.8 Å². The third-order valence-corrected chi connectivity index (χ3v) is 3.68. The zero-order valence-corrected chi connectivity index (χ0v) is 12.0. The minimum absolute atomic E-state index is 0.113. The molecule has 0 aliphatic carbocycles. The predicted molar refractivity (Wildman–Crippen MR) is 77.2 cm³/mol.